The number of aromatic nitrogens is 4. The van der Waals surface area contributed by atoms with Gasteiger partial charge in [0.15, 0.2) is 11.2 Å². The van der Waals surface area contributed by atoms with Crippen LogP contribution in [0.3, 0.4) is 0 Å². The van der Waals surface area contributed by atoms with Crippen LogP contribution in [0.1, 0.15) is 0 Å². The monoisotopic (exact) mass is 610 g/mol. The molecular weight excluding hydrogens is 598 g/mol. The predicted molar refractivity (Wildman–Crippen MR) is 111 cm³/mol. The molecule has 0 aliphatic carbocycles. The molecule has 0 amide bonds. The third-order valence-corrected chi connectivity index (χ3v) is 4.33. The van der Waals surface area contributed by atoms with Gasteiger partial charge in [0.05, 0.1) is 11.4 Å². The third-order valence-electron chi connectivity index (χ3n) is 3.97. The van der Waals surface area contributed by atoms with Crippen molar-refractivity contribution in [3.05, 3.63) is 71.0 Å². The van der Waals surface area contributed by atoms with E-state index in [9.17, 15) is 4.79 Å². The molecule has 2 aromatic heterocycles. The van der Waals surface area contributed by atoms with Gasteiger partial charge >= 0.3 is 35.3 Å². The standard InChI is InChI=1S/C19H14N4OS.2ClH.Pt/c1-23-18(24)16-17(22-19(23)25)21-15(13-10-6-3-7-11-13)14(20-16)12-8-4-2-5-9-12;;;/h2-11H,1H3,(H,21,22,25);2*1H;/q;;;+4/p-3. The first-order valence-corrected chi connectivity index (χ1v) is 14.0. The van der Waals surface area contributed by atoms with Crippen molar-refractivity contribution in [1.82, 2.24) is 19.5 Å². The summed E-state index contributed by atoms with van der Waals surface area (Å²) < 4.78 is 1.31. The number of hydrogen-bond acceptors (Lipinski definition) is 5. The second-order valence-electron chi connectivity index (χ2n) is 5.63. The maximum atomic E-state index is 12.5. The number of halogens is 2. The first-order valence-electron chi connectivity index (χ1n) is 7.95. The Hall–Kier alpha value is -1.85. The summed E-state index contributed by atoms with van der Waals surface area (Å²) in [6.07, 6.45) is 0. The van der Waals surface area contributed by atoms with Gasteiger partial charge in [-0.05, 0) is 5.16 Å². The number of hydrogen-bond donors (Lipinski definition) is 0. The molecule has 9 heteroatoms. The molecule has 0 N–H and O–H groups in total. The Bertz CT molecular complexity index is 1160. The van der Waals surface area contributed by atoms with Gasteiger partial charge in [-0.2, -0.15) is 0 Å². The molecule has 2 aromatic carbocycles. The minimum absolute atomic E-state index is 0.193. The number of rotatable bonds is 2. The molecule has 0 aliphatic rings. The van der Waals surface area contributed by atoms with Gasteiger partial charge in [0.1, 0.15) is 0 Å². The summed E-state index contributed by atoms with van der Waals surface area (Å²) in [6, 6.07) is 19.4. The van der Waals surface area contributed by atoms with Crippen molar-refractivity contribution in [2.75, 3.05) is 0 Å². The summed E-state index contributed by atoms with van der Waals surface area (Å²) in [6.45, 7) is 0. The molecular formula is C19H13Cl2N4OPtS+. The molecule has 4 aromatic rings. The molecule has 0 spiro atoms. The third kappa shape index (κ3) is 4.41. The average Bonchev–Trinajstić information content (AvgIpc) is 2.73. The molecule has 0 bridgehead atoms. The van der Waals surface area contributed by atoms with Crippen molar-refractivity contribution < 1.29 is 16.5 Å². The van der Waals surface area contributed by atoms with Gasteiger partial charge < -0.3 is 17.2 Å². The molecule has 28 heavy (non-hydrogen) atoms. The Labute approximate surface area is 183 Å². The number of benzene rings is 2. The van der Waals surface area contributed by atoms with E-state index in [0.29, 0.717) is 11.4 Å². The van der Waals surface area contributed by atoms with Crippen LogP contribution in [0.25, 0.3) is 33.7 Å². The van der Waals surface area contributed by atoms with E-state index in [1.54, 1.807) is 7.05 Å². The van der Waals surface area contributed by atoms with Crippen molar-refractivity contribution in [3.63, 3.8) is 0 Å². The average molecular weight is 611 g/mol. The molecule has 5 nitrogen and oxygen atoms in total. The van der Waals surface area contributed by atoms with Gasteiger partial charge in [-0.25, -0.2) is 15.0 Å². The van der Waals surface area contributed by atoms with Crippen molar-refractivity contribution in [3.8, 4) is 22.5 Å². The SMILES string of the molecule is Cn1c([S-])nc2nc(-c3ccccc3)c(-c3ccccc3)nc2c1=O.[Cl][Pt+2][Cl]. The van der Waals surface area contributed by atoms with Crippen LogP contribution in [0.2, 0.25) is 0 Å². The van der Waals surface area contributed by atoms with Crippen LogP contribution < -0.4 is 5.56 Å². The molecule has 0 fully saturated rings. The van der Waals surface area contributed by atoms with E-state index in [1.165, 1.54) is 4.57 Å². The molecule has 0 aliphatic heterocycles. The summed E-state index contributed by atoms with van der Waals surface area (Å²) in [7, 11) is 11.3. The van der Waals surface area contributed by atoms with Gasteiger partial charge in [-0.1, -0.05) is 60.7 Å². The Balaban J connectivity index is 0.000000706. The van der Waals surface area contributed by atoms with Crippen LogP contribution in [0.5, 0.6) is 0 Å². The molecule has 0 radical (unpaired) electrons. The van der Waals surface area contributed by atoms with Gasteiger partial charge in [-0.15, -0.1) is 0 Å². The van der Waals surface area contributed by atoms with E-state index in [-0.39, 0.29) is 21.9 Å². The first kappa shape index (κ1) is 20.9. The fourth-order valence-electron chi connectivity index (χ4n) is 2.65. The van der Waals surface area contributed by atoms with Crippen LogP contribution in [-0.2, 0) is 36.2 Å². The van der Waals surface area contributed by atoms with Crippen LogP contribution in [-0.4, -0.2) is 19.5 Å². The Kier molecular flexibility index (Phi) is 7.13. The van der Waals surface area contributed by atoms with E-state index in [2.05, 4.69) is 15.0 Å². The first-order chi connectivity index (χ1) is 13.6. The number of nitrogens with zero attached hydrogens (tertiary/aromatic N) is 4. The number of fused-ring (bicyclic) bond motifs is 1. The van der Waals surface area contributed by atoms with Crippen molar-refractivity contribution in [1.29, 1.82) is 0 Å². The zero-order valence-electron chi connectivity index (χ0n) is 14.5. The fourth-order valence-corrected chi connectivity index (χ4v) is 2.82. The van der Waals surface area contributed by atoms with E-state index in [4.69, 9.17) is 31.5 Å². The van der Waals surface area contributed by atoms with E-state index in [1.807, 2.05) is 60.7 Å². The van der Waals surface area contributed by atoms with E-state index < -0.39 is 16.5 Å². The molecule has 0 saturated heterocycles. The van der Waals surface area contributed by atoms with Crippen molar-refractivity contribution in [2.24, 2.45) is 7.05 Å². The molecule has 0 atom stereocenters. The summed E-state index contributed by atoms with van der Waals surface area (Å²) in [5.74, 6) is 0. The molecule has 0 saturated carbocycles. The fraction of sp³-hybridized carbons (Fsp3) is 0.0526. The zero-order chi connectivity index (χ0) is 20.1. The van der Waals surface area contributed by atoms with Crippen molar-refractivity contribution in [2.45, 2.75) is 5.16 Å². The van der Waals surface area contributed by atoms with E-state index >= 15 is 0 Å². The van der Waals surface area contributed by atoms with Gasteiger partial charge in [0, 0.05) is 18.2 Å². The van der Waals surface area contributed by atoms with Gasteiger partial charge in [-0.3, -0.25) is 4.79 Å². The second-order valence-corrected chi connectivity index (χ2v) is 9.28. The molecule has 4 rings (SSSR count). The van der Waals surface area contributed by atoms with Crippen LogP contribution in [0, 0.1) is 0 Å². The Morgan fingerprint density at radius 1 is 0.857 bits per heavy atom. The quantitative estimate of drug-likeness (QED) is 0.250. The van der Waals surface area contributed by atoms with Crippen LogP contribution in [0.15, 0.2) is 70.6 Å². The summed E-state index contributed by atoms with van der Waals surface area (Å²) in [5, 5.41) is 0.193. The molecule has 2 heterocycles. The van der Waals surface area contributed by atoms with Crippen LogP contribution >= 0.6 is 18.8 Å². The normalized spacial score (nSPS) is 10.5. The summed E-state index contributed by atoms with van der Waals surface area (Å²) in [4.78, 5) is 26.0. The topological polar surface area (TPSA) is 60.7 Å². The maximum absolute atomic E-state index is 12.5. The molecule has 0 unspecified atom stereocenters. The van der Waals surface area contributed by atoms with Gasteiger partial charge in [0.25, 0.3) is 5.56 Å². The second kappa shape index (κ2) is 9.57. The molecule has 144 valence electrons. The van der Waals surface area contributed by atoms with Crippen LogP contribution in [0.4, 0.5) is 0 Å². The zero-order valence-corrected chi connectivity index (χ0v) is 19.1. The Morgan fingerprint density at radius 3 is 1.82 bits per heavy atom. The summed E-state index contributed by atoms with van der Waals surface area (Å²) in [5.41, 5.74) is 3.31. The van der Waals surface area contributed by atoms with Gasteiger partial charge in [0.2, 0.25) is 0 Å². The summed E-state index contributed by atoms with van der Waals surface area (Å²) >= 11 is 4.67. The van der Waals surface area contributed by atoms with E-state index in [0.717, 1.165) is 11.1 Å². The Morgan fingerprint density at radius 2 is 1.32 bits per heavy atom. The van der Waals surface area contributed by atoms with Crippen molar-refractivity contribution >= 4 is 42.6 Å². The predicted octanol–water partition coefficient (Wildman–Crippen LogP) is 4.34. The minimum atomic E-state index is -0.472.